The van der Waals surface area contributed by atoms with E-state index in [1.54, 1.807) is 36.1 Å². The van der Waals surface area contributed by atoms with Gasteiger partial charge in [0.25, 0.3) is 11.6 Å². The largest absolute Gasteiger partial charge is 0.497 e. The highest BCUT2D eigenvalue weighted by Gasteiger charge is 2.29. The Morgan fingerprint density at radius 1 is 1.27 bits per heavy atom. The fourth-order valence-electron chi connectivity index (χ4n) is 3.14. The van der Waals surface area contributed by atoms with Crippen molar-refractivity contribution < 1.29 is 18.7 Å². The van der Waals surface area contributed by atoms with Crippen molar-refractivity contribution >= 4 is 39.8 Å². The van der Waals surface area contributed by atoms with Gasteiger partial charge in [-0.15, -0.1) is 0 Å². The fourth-order valence-corrected chi connectivity index (χ4v) is 4.59. The van der Waals surface area contributed by atoms with Gasteiger partial charge in [-0.2, -0.15) is 5.10 Å². The highest BCUT2D eigenvalue weighted by Crippen LogP contribution is 2.32. The molecule has 0 saturated carbocycles. The van der Waals surface area contributed by atoms with Gasteiger partial charge in [-0.3, -0.25) is 19.1 Å². The van der Waals surface area contributed by atoms with E-state index in [1.165, 1.54) is 12.1 Å². The number of nitro groups is 1. The molecule has 0 bridgehead atoms. The van der Waals surface area contributed by atoms with E-state index in [0.717, 1.165) is 6.07 Å². The monoisotopic (exact) mass is 446 g/mol. The molecule has 1 aliphatic heterocycles. The van der Waals surface area contributed by atoms with Crippen LogP contribution in [0.5, 0.6) is 5.75 Å². The lowest BCUT2D eigenvalue weighted by Gasteiger charge is -2.12. The molecule has 1 aliphatic rings. The zero-order valence-corrected chi connectivity index (χ0v) is 17.2. The summed E-state index contributed by atoms with van der Waals surface area (Å²) in [6, 6.07) is 10.9. The number of hydrogen-bond acceptors (Lipinski definition) is 6. The third-order valence-electron chi connectivity index (χ3n) is 4.62. The second-order valence-electron chi connectivity index (χ2n) is 6.49. The Labute approximate surface area is 178 Å². The molecule has 1 aromatic heterocycles. The van der Waals surface area contributed by atoms with Crippen LogP contribution in [0, 0.1) is 10.1 Å². The van der Waals surface area contributed by atoms with Crippen LogP contribution in [0.25, 0.3) is 5.69 Å². The van der Waals surface area contributed by atoms with Crippen molar-refractivity contribution in [1.29, 1.82) is 0 Å². The molecule has 3 aromatic rings. The van der Waals surface area contributed by atoms with Crippen molar-refractivity contribution in [2.45, 2.75) is 11.5 Å². The van der Waals surface area contributed by atoms with Crippen LogP contribution in [0.1, 0.15) is 21.6 Å². The second kappa shape index (κ2) is 7.88. The van der Waals surface area contributed by atoms with Crippen LogP contribution >= 0.6 is 11.6 Å². The van der Waals surface area contributed by atoms with Crippen LogP contribution < -0.4 is 10.1 Å². The molecule has 11 heteroatoms. The first-order chi connectivity index (χ1) is 14.4. The van der Waals surface area contributed by atoms with Gasteiger partial charge < -0.3 is 10.1 Å². The van der Waals surface area contributed by atoms with Gasteiger partial charge in [-0.25, -0.2) is 4.68 Å². The van der Waals surface area contributed by atoms with E-state index in [4.69, 9.17) is 16.3 Å². The third-order valence-corrected chi connectivity index (χ3v) is 6.15. The summed E-state index contributed by atoms with van der Waals surface area (Å²) >= 11 is 5.83. The van der Waals surface area contributed by atoms with Gasteiger partial charge in [0.2, 0.25) is 0 Å². The number of carbonyl (C=O) groups is 1. The number of methoxy groups -OCH3 is 1. The smallest absolute Gasteiger partial charge is 0.288 e. The average molecular weight is 447 g/mol. The Morgan fingerprint density at radius 2 is 2.00 bits per heavy atom. The molecule has 0 aliphatic carbocycles. The maximum Gasteiger partial charge on any atom is 0.288 e. The van der Waals surface area contributed by atoms with E-state index in [0.29, 0.717) is 34.3 Å². The summed E-state index contributed by atoms with van der Waals surface area (Å²) in [5.41, 5.74) is 1.71. The number of hydrogen-bond donors (Lipinski definition) is 1. The van der Waals surface area contributed by atoms with E-state index in [9.17, 15) is 19.1 Å². The summed E-state index contributed by atoms with van der Waals surface area (Å²) in [7, 11) is 0.465. The van der Waals surface area contributed by atoms with E-state index in [1.807, 2.05) is 0 Å². The quantitative estimate of drug-likeness (QED) is 0.474. The number of nitrogens with one attached hydrogen (secondary N) is 1. The number of halogens is 1. The van der Waals surface area contributed by atoms with E-state index < -0.39 is 21.6 Å². The minimum Gasteiger partial charge on any atom is -0.497 e. The molecule has 0 unspecified atom stereocenters. The Kier molecular flexibility index (Phi) is 5.27. The Morgan fingerprint density at radius 3 is 2.67 bits per heavy atom. The van der Waals surface area contributed by atoms with Crippen LogP contribution in [0.4, 0.5) is 11.5 Å². The van der Waals surface area contributed by atoms with Gasteiger partial charge in [0.05, 0.1) is 34.9 Å². The third kappa shape index (κ3) is 3.66. The summed E-state index contributed by atoms with van der Waals surface area (Å²) in [6.07, 6.45) is 0. The zero-order valence-electron chi connectivity index (χ0n) is 15.6. The molecule has 1 atom stereocenters. The first-order valence-electron chi connectivity index (χ1n) is 8.73. The number of rotatable bonds is 5. The van der Waals surface area contributed by atoms with Crippen LogP contribution in [-0.2, 0) is 22.3 Å². The van der Waals surface area contributed by atoms with Crippen LogP contribution in [-0.4, -0.2) is 31.9 Å². The second-order valence-corrected chi connectivity index (χ2v) is 8.35. The topological polar surface area (TPSA) is 116 Å². The van der Waals surface area contributed by atoms with Gasteiger partial charge in [0, 0.05) is 28.0 Å². The van der Waals surface area contributed by atoms with Crippen molar-refractivity contribution in [2.24, 2.45) is 0 Å². The van der Waals surface area contributed by atoms with Gasteiger partial charge in [-0.1, -0.05) is 11.6 Å². The maximum absolute atomic E-state index is 12.8. The Bertz CT molecular complexity index is 1190. The van der Waals surface area contributed by atoms with E-state index >= 15 is 0 Å². The maximum atomic E-state index is 12.8. The predicted octanol–water partition coefficient (Wildman–Crippen LogP) is 3.46. The SMILES string of the molecule is COc1ccc(-n2nc3c(c2NC(=O)c2ccc(Cl)c([N+](=O)[O-])c2)C[S@@](=O)C3)cc1. The minimum absolute atomic E-state index is 0.0592. The minimum atomic E-state index is -1.09. The summed E-state index contributed by atoms with van der Waals surface area (Å²) in [5, 5.41) is 18.3. The molecule has 0 spiro atoms. The number of anilines is 1. The van der Waals surface area contributed by atoms with Crippen LogP contribution in [0.15, 0.2) is 42.5 Å². The number of nitro benzene ring substituents is 1. The number of fused-ring (bicyclic) bond motifs is 1. The number of nitrogens with zero attached hydrogens (tertiary/aromatic N) is 3. The summed E-state index contributed by atoms with van der Waals surface area (Å²) < 4.78 is 18.7. The van der Waals surface area contributed by atoms with Gasteiger partial charge in [-0.05, 0) is 36.4 Å². The van der Waals surface area contributed by atoms with Crippen molar-refractivity contribution in [1.82, 2.24) is 9.78 Å². The lowest BCUT2D eigenvalue weighted by Crippen LogP contribution is -2.16. The number of carbonyl (C=O) groups excluding carboxylic acids is 1. The number of amides is 1. The molecule has 30 heavy (non-hydrogen) atoms. The van der Waals surface area contributed by atoms with Gasteiger partial charge >= 0.3 is 0 Å². The molecule has 0 fully saturated rings. The summed E-state index contributed by atoms with van der Waals surface area (Å²) in [4.78, 5) is 23.3. The van der Waals surface area contributed by atoms with Crippen molar-refractivity contribution in [3.63, 3.8) is 0 Å². The van der Waals surface area contributed by atoms with E-state index in [2.05, 4.69) is 10.4 Å². The standard InChI is InChI=1S/C19H15ClN4O5S/c1-29-13-5-3-12(4-6-13)23-18(14-9-30(28)10-16(14)22-23)21-19(25)11-2-7-15(20)17(8-11)24(26)27/h2-8H,9-10H2,1H3,(H,21,25)/t30-/m1/s1. The molecule has 9 nitrogen and oxygen atoms in total. The molecule has 2 heterocycles. The highest BCUT2D eigenvalue weighted by molar-refractivity contribution is 7.83. The first-order valence-corrected chi connectivity index (χ1v) is 10.6. The Balaban J connectivity index is 1.73. The highest BCUT2D eigenvalue weighted by atomic mass is 35.5. The van der Waals surface area contributed by atoms with Crippen molar-refractivity contribution in [3.8, 4) is 11.4 Å². The molecule has 1 N–H and O–H groups in total. The van der Waals surface area contributed by atoms with Gasteiger partial charge in [0.1, 0.15) is 16.6 Å². The van der Waals surface area contributed by atoms with Crippen LogP contribution in [0.3, 0.4) is 0 Å². The lowest BCUT2D eigenvalue weighted by molar-refractivity contribution is -0.384. The molecule has 4 rings (SSSR count). The predicted molar refractivity (Wildman–Crippen MR) is 112 cm³/mol. The molecular weight excluding hydrogens is 432 g/mol. The Hall–Kier alpha value is -3.24. The average Bonchev–Trinajstić information content (AvgIpc) is 3.25. The van der Waals surface area contributed by atoms with Crippen molar-refractivity contribution in [3.05, 3.63) is 74.4 Å². The summed E-state index contributed by atoms with van der Waals surface area (Å²) in [5.74, 6) is 1.04. The van der Waals surface area contributed by atoms with E-state index in [-0.39, 0.29) is 22.0 Å². The molecule has 1 amide bonds. The number of aromatic nitrogens is 2. The normalized spacial score (nSPS) is 14.9. The van der Waals surface area contributed by atoms with Crippen LogP contribution in [0.2, 0.25) is 5.02 Å². The van der Waals surface area contributed by atoms with Crippen molar-refractivity contribution in [2.75, 3.05) is 12.4 Å². The number of benzene rings is 2. The summed E-state index contributed by atoms with van der Waals surface area (Å²) in [6.45, 7) is 0. The molecule has 0 saturated heterocycles. The zero-order chi connectivity index (χ0) is 21.4. The molecule has 2 aromatic carbocycles. The van der Waals surface area contributed by atoms with Gasteiger partial charge in [0.15, 0.2) is 0 Å². The lowest BCUT2D eigenvalue weighted by atomic mass is 10.2. The number of ether oxygens (including phenoxy) is 1. The fraction of sp³-hybridized carbons (Fsp3) is 0.158. The molecular formula is C19H15ClN4O5S. The first kappa shape index (κ1) is 20.0. The molecule has 0 radical (unpaired) electrons. The molecule has 154 valence electrons.